The van der Waals surface area contributed by atoms with Gasteiger partial charge in [-0.1, -0.05) is 30.3 Å². The highest BCUT2D eigenvalue weighted by Gasteiger charge is 2.14. The summed E-state index contributed by atoms with van der Waals surface area (Å²) in [6.07, 6.45) is 2.45. The van der Waals surface area contributed by atoms with Gasteiger partial charge in [0.25, 0.3) is 0 Å². The third-order valence-electron chi connectivity index (χ3n) is 2.66. The minimum absolute atomic E-state index is 0.0555. The Kier molecular flexibility index (Phi) is 4.99. The highest BCUT2D eigenvalue weighted by Crippen LogP contribution is 2.11. The van der Waals surface area contributed by atoms with E-state index in [1.807, 2.05) is 43.5 Å². The van der Waals surface area contributed by atoms with Gasteiger partial charge in [-0.05, 0) is 18.9 Å². The van der Waals surface area contributed by atoms with E-state index >= 15 is 0 Å². The van der Waals surface area contributed by atoms with E-state index in [-0.39, 0.29) is 11.2 Å². The third-order valence-corrected chi connectivity index (χ3v) is 3.99. The molecule has 5 heteroatoms. The van der Waals surface area contributed by atoms with Crippen LogP contribution in [0.15, 0.2) is 36.5 Å². The van der Waals surface area contributed by atoms with Crippen molar-refractivity contribution in [3.05, 3.63) is 52.0 Å². The summed E-state index contributed by atoms with van der Waals surface area (Å²) < 4.78 is 0. The lowest BCUT2D eigenvalue weighted by Gasteiger charge is -2.10. The molecule has 1 aromatic heterocycles. The highest BCUT2D eigenvalue weighted by atomic mass is 32.1. The number of thiol groups is 1. The monoisotopic (exact) mass is 292 g/mol. The van der Waals surface area contributed by atoms with Gasteiger partial charge in [0.15, 0.2) is 0 Å². The minimum atomic E-state index is -0.330. The van der Waals surface area contributed by atoms with Crippen molar-refractivity contribution in [1.29, 1.82) is 0 Å². The van der Waals surface area contributed by atoms with Gasteiger partial charge in [0.2, 0.25) is 5.91 Å². The van der Waals surface area contributed by atoms with Gasteiger partial charge in [0.05, 0.1) is 11.8 Å². The molecule has 0 aliphatic carbocycles. The summed E-state index contributed by atoms with van der Waals surface area (Å²) >= 11 is 5.95. The van der Waals surface area contributed by atoms with E-state index in [0.29, 0.717) is 13.0 Å². The maximum atomic E-state index is 11.9. The Balaban J connectivity index is 1.82. The van der Waals surface area contributed by atoms with Gasteiger partial charge < -0.3 is 5.32 Å². The molecule has 1 heterocycles. The summed E-state index contributed by atoms with van der Waals surface area (Å²) in [7, 11) is 0. The predicted molar refractivity (Wildman–Crippen MR) is 81.6 cm³/mol. The van der Waals surface area contributed by atoms with Crippen LogP contribution in [0.3, 0.4) is 0 Å². The van der Waals surface area contributed by atoms with E-state index in [1.165, 1.54) is 0 Å². The predicted octanol–water partition coefficient (Wildman–Crippen LogP) is 2.61. The normalized spacial score (nSPS) is 12.1. The van der Waals surface area contributed by atoms with Gasteiger partial charge in [-0.2, -0.15) is 12.6 Å². The number of hydrogen-bond acceptors (Lipinski definition) is 4. The third kappa shape index (κ3) is 4.36. The van der Waals surface area contributed by atoms with Crippen LogP contribution in [0.1, 0.15) is 15.4 Å². The average Bonchev–Trinajstić information content (AvgIpc) is 2.83. The fourth-order valence-electron chi connectivity index (χ4n) is 1.69. The Bertz CT molecular complexity index is 539. The van der Waals surface area contributed by atoms with Crippen LogP contribution in [-0.4, -0.2) is 16.1 Å². The zero-order valence-corrected chi connectivity index (χ0v) is 12.4. The number of nitrogens with zero attached hydrogens (tertiary/aromatic N) is 1. The molecule has 1 amide bonds. The molecule has 0 aliphatic rings. The first kappa shape index (κ1) is 14.1. The molecule has 0 saturated heterocycles. The molecular weight excluding hydrogens is 276 g/mol. The summed E-state index contributed by atoms with van der Waals surface area (Å²) in [6.45, 7) is 2.48. The zero-order chi connectivity index (χ0) is 13.7. The van der Waals surface area contributed by atoms with Crippen LogP contribution < -0.4 is 5.32 Å². The molecule has 3 nitrogen and oxygen atoms in total. The Morgan fingerprint density at radius 1 is 1.42 bits per heavy atom. The summed E-state index contributed by atoms with van der Waals surface area (Å²) in [5, 5.41) is 3.46. The molecule has 0 aliphatic heterocycles. The van der Waals surface area contributed by atoms with Gasteiger partial charge in [-0.3, -0.25) is 4.79 Å². The first-order valence-electron chi connectivity index (χ1n) is 6.06. The van der Waals surface area contributed by atoms with E-state index in [4.69, 9.17) is 0 Å². The molecule has 0 radical (unpaired) electrons. The quantitative estimate of drug-likeness (QED) is 0.832. The Morgan fingerprint density at radius 2 is 2.16 bits per heavy atom. The second-order valence-corrected chi connectivity index (χ2v) is 6.23. The Morgan fingerprint density at radius 3 is 2.79 bits per heavy atom. The van der Waals surface area contributed by atoms with E-state index in [2.05, 4.69) is 22.9 Å². The summed E-state index contributed by atoms with van der Waals surface area (Å²) in [5.74, 6) is -0.0555. The van der Waals surface area contributed by atoms with Crippen LogP contribution in [0, 0.1) is 6.92 Å². The first-order chi connectivity index (χ1) is 9.15. The number of aryl methyl sites for hydroxylation is 1. The van der Waals surface area contributed by atoms with Gasteiger partial charge >= 0.3 is 0 Å². The lowest BCUT2D eigenvalue weighted by atomic mass is 10.1. The second kappa shape index (κ2) is 6.73. The van der Waals surface area contributed by atoms with Crippen molar-refractivity contribution in [2.75, 3.05) is 0 Å². The lowest BCUT2D eigenvalue weighted by Crippen LogP contribution is -2.32. The maximum absolute atomic E-state index is 11.9. The number of aromatic nitrogens is 1. The summed E-state index contributed by atoms with van der Waals surface area (Å²) in [4.78, 5) is 17.3. The molecule has 0 saturated carbocycles. The minimum Gasteiger partial charge on any atom is -0.349 e. The largest absolute Gasteiger partial charge is 0.349 e. The number of thiazole rings is 1. The molecule has 1 atom stereocenters. The van der Waals surface area contributed by atoms with Crippen LogP contribution in [0.25, 0.3) is 0 Å². The lowest BCUT2D eigenvalue weighted by molar-refractivity contribution is -0.120. The van der Waals surface area contributed by atoms with Crippen molar-refractivity contribution < 1.29 is 4.79 Å². The van der Waals surface area contributed by atoms with E-state index < -0.39 is 0 Å². The van der Waals surface area contributed by atoms with Crippen LogP contribution in [0.4, 0.5) is 0 Å². The highest BCUT2D eigenvalue weighted by molar-refractivity contribution is 7.81. The first-order valence-corrected chi connectivity index (χ1v) is 7.39. The van der Waals surface area contributed by atoms with Crippen molar-refractivity contribution in [2.45, 2.75) is 25.1 Å². The number of carbonyl (C=O) groups is 1. The number of amides is 1. The van der Waals surface area contributed by atoms with Gasteiger partial charge in [0, 0.05) is 11.1 Å². The number of hydrogen-bond donors (Lipinski definition) is 2. The van der Waals surface area contributed by atoms with Crippen molar-refractivity contribution in [1.82, 2.24) is 10.3 Å². The molecule has 2 aromatic rings. The Hall–Kier alpha value is -1.33. The standard InChI is InChI=1S/C14H16N2OS2/c1-10-8-15-13(19-10)9-16-14(17)12(18)7-11-5-3-2-4-6-11/h2-6,8,12,18H,7,9H2,1H3,(H,16,17). The van der Waals surface area contributed by atoms with E-state index in [9.17, 15) is 4.79 Å². The topological polar surface area (TPSA) is 42.0 Å². The SMILES string of the molecule is Cc1cnc(CNC(=O)C(S)Cc2ccccc2)s1. The Labute approximate surface area is 122 Å². The molecule has 1 unspecified atom stereocenters. The zero-order valence-electron chi connectivity index (χ0n) is 10.7. The number of benzene rings is 1. The van der Waals surface area contributed by atoms with Crippen LogP contribution >= 0.6 is 24.0 Å². The molecule has 2 rings (SSSR count). The number of nitrogens with one attached hydrogen (secondary N) is 1. The molecule has 19 heavy (non-hydrogen) atoms. The fraction of sp³-hybridized carbons (Fsp3) is 0.286. The average molecular weight is 292 g/mol. The molecule has 0 bridgehead atoms. The molecule has 1 N–H and O–H groups in total. The van der Waals surface area contributed by atoms with Gasteiger partial charge in [-0.15, -0.1) is 11.3 Å². The molecule has 1 aromatic carbocycles. The fourth-order valence-corrected chi connectivity index (χ4v) is 2.72. The van der Waals surface area contributed by atoms with E-state index in [0.717, 1.165) is 15.4 Å². The van der Waals surface area contributed by atoms with Crippen LogP contribution in [-0.2, 0) is 17.8 Å². The van der Waals surface area contributed by atoms with Crippen LogP contribution in [0.5, 0.6) is 0 Å². The van der Waals surface area contributed by atoms with Crippen molar-refractivity contribution >= 4 is 29.9 Å². The molecule has 0 spiro atoms. The molecule has 0 fully saturated rings. The van der Waals surface area contributed by atoms with Crippen molar-refractivity contribution in [3.63, 3.8) is 0 Å². The second-order valence-electron chi connectivity index (χ2n) is 4.29. The van der Waals surface area contributed by atoms with Gasteiger partial charge in [0.1, 0.15) is 5.01 Å². The van der Waals surface area contributed by atoms with Crippen molar-refractivity contribution in [3.8, 4) is 0 Å². The van der Waals surface area contributed by atoms with E-state index in [1.54, 1.807) is 11.3 Å². The summed E-state index contributed by atoms with van der Waals surface area (Å²) in [6, 6.07) is 9.89. The van der Waals surface area contributed by atoms with Gasteiger partial charge in [-0.25, -0.2) is 4.98 Å². The van der Waals surface area contributed by atoms with Crippen LogP contribution in [0.2, 0.25) is 0 Å². The number of carbonyl (C=O) groups excluding carboxylic acids is 1. The smallest absolute Gasteiger partial charge is 0.233 e. The number of rotatable bonds is 5. The maximum Gasteiger partial charge on any atom is 0.233 e. The van der Waals surface area contributed by atoms with Crippen molar-refractivity contribution in [2.24, 2.45) is 0 Å². The summed E-state index contributed by atoms with van der Waals surface area (Å²) in [5.41, 5.74) is 1.11. The molecular formula is C14H16N2OS2. The molecule has 100 valence electrons.